The smallest absolute Gasteiger partial charge is 0.306 e. The number of aromatic nitrogens is 4. The van der Waals surface area contributed by atoms with Gasteiger partial charge in [-0.25, -0.2) is 4.98 Å². The fourth-order valence-electron chi connectivity index (χ4n) is 1.80. The van der Waals surface area contributed by atoms with Gasteiger partial charge in [0.15, 0.2) is 5.82 Å². The molecule has 2 aromatic rings. The lowest BCUT2D eigenvalue weighted by Gasteiger charge is -2.08. The highest BCUT2D eigenvalue weighted by Crippen LogP contribution is 2.12. The maximum absolute atomic E-state index is 10.7. The third-order valence-electron chi connectivity index (χ3n) is 3.03. The number of carboxylic acid groups (broad SMARTS) is 1. The average Bonchev–Trinajstić information content (AvgIpc) is 2.77. The summed E-state index contributed by atoms with van der Waals surface area (Å²) in [5.74, 6) is 0.403. The molecule has 2 rings (SSSR count). The second kappa shape index (κ2) is 5.64. The van der Waals surface area contributed by atoms with E-state index in [9.17, 15) is 4.79 Å². The van der Waals surface area contributed by atoms with Gasteiger partial charge in [0.05, 0.1) is 5.92 Å². The molecule has 7 nitrogen and oxygen atoms in total. The molecule has 0 amide bonds. The number of fused-ring (bicyclic) bond motifs is 1. The molecule has 0 saturated heterocycles. The SMILES string of the molecule is Cc1nnc2c(NCCCC(C)C(=O)O)nccn12. The van der Waals surface area contributed by atoms with Gasteiger partial charge in [-0.05, 0) is 19.8 Å². The molecule has 7 heteroatoms. The Hall–Kier alpha value is -2.18. The maximum Gasteiger partial charge on any atom is 0.306 e. The first-order chi connectivity index (χ1) is 9.09. The summed E-state index contributed by atoms with van der Waals surface area (Å²) in [5, 5.41) is 20.0. The monoisotopic (exact) mass is 263 g/mol. The van der Waals surface area contributed by atoms with Crippen molar-refractivity contribution in [3.8, 4) is 0 Å². The van der Waals surface area contributed by atoms with Crippen LogP contribution in [0.4, 0.5) is 5.82 Å². The van der Waals surface area contributed by atoms with Crippen molar-refractivity contribution < 1.29 is 9.90 Å². The van der Waals surface area contributed by atoms with Crippen LogP contribution in [0.5, 0.6) is 0 Å². The van der Waals surface area contributed by atoms with Gasteiger partial charge in [0.25, 0.3) is 0 Å². The van der Waals surface area contributed by atoms with Crippen LogP contribution in [0.1, 0.15) is 25.6 Å². The second-order valence-electron chi connectivity index (χ2n) is 4.52. The lowest BCUT2D eigenvalue weighted by molar-refractivity contribution is -0.141. The quantitative estimate of drug-likeness (QED) is 0.764. The Morgan fingerprint density at radius 2 is 2.32 bits per heavy atom. The molecule has 0 radical (unpaired) electrons. The summed E-state index contributed by atoms with van der Waals surface area (Å²) in [4.78, 5) is 14.9. The van der Waals surface area contributed by atoms with Crippen LogP contribution >= 0.6 is 0 Å². The first-order valence-electron chi connectivity index (χ1n) is 6.22. The van der Waals surface area contributed by atoms with Gasteiger partial charge < -0.3 is 10.4 Å². The molecule has 0 aliphatic rings. The Kier molecular flexibility index (Phi) is 3.94. The van der Waals surface area contributed by atoms with Crippen molar-refractivity contribution in [3.05, 3.63) is 18.2 Å². The Balaban J connectivity index is 1.93. The van der Waals surface area contributed by atoms with E-state index < -0.39 is 5.97 Å². The Bertz CT molecular complexity index is 581. The lowest BCUT2D eigenvalue weighted by Crippen LogP contribution is -2.12. The van der Waals surface area contributed by atoms with Gasteiger partial charge >= 0.3 is 5.97 Å². The molecule has 19 heavy (non-hydrogen) atoms. The fraction of sp³-hybridized carbons (Fsp3) is 0.500. The summed E-state index contributed by atoms with van der Waals surface area (Å²) in [6.45, 7) is 4.25. The van der Waals surface area contributed by atoms with Crippen LogP contribution in [0.2, 0.25) is 0 Å². The third kappa shape index (κ3) is 2.98. The summed E-state index contributed by atoms with van der Waals surface area (Å²) in [6, 6.07) is 0. The minimum Gasteiger partial charge on any atom is -0.481 e. The first kappa shape index (κ1) is 13.3. The first-order valence-corrected chi connectivity index (χ1v) is 6.22. The molecule has 2 aromatic heterocycles. The van der Waals surface area contributed by atoms with E-state index in [1.165, 1.54) is 0 Å². The predicted molar refractivity (Wildman–Crippen MR) is 70.0 cm³/mol. The number of carbonyl (C=O) groups is 1. The molecule has 0 aliphatic carbocycles. The average molecular weight is 263 g/mol. The van der Waals surface area contributed by atoms with Crippen molar-refractivity contribution in [2.45, 2.75) is 26.7 Å². The van der Waals surface area contributed by atoms with E-state index in [4.69, 9.17) is 5.11 Å². The number of aliphatic carboxylic acids is 1. The van der Waals surface area contributed by atoms with E-state index in [-0.39, 0.29) is 5.92 Å². The van der Waals surface area contributed by atoms with Crippen LogP contribution in [-0.4, -0.2) is 37.2 Å². The molecule has 2 heterocycles. The van der Waals surface area contributed by atoms with Gasteiger partial charge in [0, 0.05) is 18.9 Å². The van der Waals surface area contributed by atoms with Crippen LogP contribution in [-0.2, 0) is 4.79 Å². The number of hydrogen-bond donors (Lipinski definition) is 2. The van der Waals surface area contributed by atoms with E-state index in [1.54, 1.807) is 13.1 Å². The maximum atomic E-state index is 10.7. The molecule has 2 N–H and O–H groups in total. The topological polar surface area (TPSA) is 92.4 Å². The highest BCUT2D eigenvalue weighted by Gasteiger charge is 2.10. The van der Waals surface area contributed by atoms with Crippen molar-refractivity contribution in [1.29, 1.82) is 0 Å². The van der Waals surface area contributed by atoms with Crippen LogP contribution < -0.4 is 5.32 Å². The Labute approximate surface area is 110 Å². The lowest BCUT2D eigenvalue weighted by atomic mass is 10.1. The molecule has 0 aromatic carbocycles. The van der Waals surface area contributed by atoms with Crippen molar-refractivity contribution in [2.75, 3.05) is 11.9 Å². The standard InChI is InChI=1S/C12H17N5O2/c1-8(12(18)19)4-3-5-13-10-11-16-15-9(2)17(11)7-6-14-10/h6-8H,3-5H2,1-2H3,(H,13,14)(H,18,19). The number of anilines is 1. The molecule has 0 aliphatic heterocycles. The summed E-state index contributed by atoms with van der Waals surface area (Å²) < 4.78 is 1.86. The van der Waals surface area contributed by atoms with Crippen molar-refractivity contribution in [1.82, 2.24) is 19.6 Å². The van der Waals surface area contributed by atoms with Crippen molar-refractivity contribution in [3.63, 3.8) is 0 Å². The zero-order chi connectivity index (χ0) is 13.8. The van der Waals surface area contributed by atoms with Crippen LogP contribution in [0.15, 0.2) is 12.4 Å². The van der Waals surface area contributed by atoms with Crippen molar-refractivity contribution >= 4 is 17.4 Å². The van der Waals surface area contributed by atoms with Gasteiger partial charge in [-0.1, -0.05) is 6.92 Å². The van der Waals surface area contributed by atoms with Crippen LogP contribution in [0.25, 0.3) is 5.65 Å². The summed E-state index contributed by atoms with van der Waals surface area (Å²) >= 11 is 0. The molecular weight excluding hydrogens is 246 g/mol. The van der Waals surface area contributed by atoms with Crippen LogP contribution in [0, 0.1) is 12.8 Å². The predicted octanol–water partition coefficient (Wildman–Crippen LogP) is 1.35. The van der Waals surface area contributed by atoms with E-state index in [0.717, 1.165) is 12.2 Å². The van der Waals surface area contributed by atoms with Gasteiger partial charge in [0.1, 0.15) is 5.82 Å². The summed E-state index contributed by atoms with van der Waals surface area (Å²) in [5.41, 5.74) is 0.686. The van der Waals surface area contributed by atoms with Gasteiger partial charge in [-0.15, -0.1) is 10.2 Å². The molecule has 1 unspecified atom stereocenters. The largest absolute Gasteiger partial charge is 0.481 e. The van der Waals surface area contributed by atoms with Crippen LogP contribution in [0.3, 0.4) is 0 Å². The summed E-state index contributed by atoms with van der Waals surface area (Å²) in [6.07, 6.45) is 4.90. The molecule has 0 fully saturated rings. The minimum atomic E-state index is -0.756. The van der Waals surface area contributed by atoms with E-state index >= 15 is 0 Å². The number of rotatable bonds is 6. The fourth-order valence-corrected chi connectivity index (χ4v) is 1.80. The molecule has 102 valence electrons. The number of aryl methyl sites for hydroxylation is 1. The highest BCUT2D eigenvalue weighted by molar-refractivity contribution is 5.69. The van der Waals surface area contributed by atoms with E-state index in [2.05, 4.69) is 20.5 Å². The minimum absolute atomic E-state index is 0.319. The molecule has 0 bridgehead atoms. The highest BCUT2D eigenvalue weighted by atomic mass is 16.4. The number of nitrogens with one attached hydrogen (secondary N) is 1. The summed E-state index contributed by atoms with van der Waals surface area (Å²) in [7, 11) is 0. The van der Waals surface area contributed by atoms with E-state index in [1.807, 2.05) is 17.5 Å². The van der Waals surface area contributed by atoms with Crippen molar-refractivity contribution in [2.24, 2.45) is 5.92 Å². The molecule has 1 atom stereocenters. The molecule has 0 saturated carbocycles. The number of hydrogen-bond acceptors (Lipinski definition) is 5. The number of nitrogens with zero attached hydrogens (tertiary/aromatic N) is 4. The Morgan fingerprint density at radius 3 is 3.05 bits per heavy atom. The van der Waals surface area contributed by atoms with Gasteiger partial charge in [-0.2, -0.15) is 0 Å². The Morgan fingerprint density at radius 1 is 1.53 bits per heavy atom. The van der Waals surface area contributed by atoms with Gasteiger partial charge in [0.2, 0.25) is 5.65 Å². The third-order valence-corrected chi connectivity index (χ3v) is 3.03. The second-order valence-corrected chi connectivity index (χ2v) is 4.52. The molecule has 0 spiro atoms. The molecular formula is C12H17N5O2. The zero-order valence-electron chi connectivity index (χ0n) is 11.0. The van der Waals surface area contributed by atoms with E-state index in [0.29, 0.717) is 24.4 Å². The van der Waals surface area contributed by atoms with Gasteiger partial charge in [-0.3, -0.25) is 9.20 Å². The number of carboxylic acids is 1. The zero-order valence-corrected chi connectivity index (χ0v) is 11.0. The normalized spacial score (nSPS) is 12.5.